The van der Waals surface area contributed by atoms with Crippen molar-refractivity contribution in [3.05, 3.63) is 18.3 Å². The van der Waals surface area contributed by atoms with Gasteiger partial charge in [-0.25, -0.2) is 4.98 Å². The Bertz CT molecular complexity index is 577. The van der Waals surface area contributed by atoms with Gasteiger partial charge < -0.3 is 20.6 Å². The van der Waals surface area contributed by atoms with Crippen molar-refractivity contribution in [2.75, 3.05) is 29.9 Å². The average molecular weight is 304 g/mol. The van der Waals surface area contributed by atoms with Gasteiger partial charge in [0.25, 0.3) is 0 Å². The van der Waals surface area contributed by atoms with E-state index in [0.717, 1.165) is 12.2 Å². The molecular weight excluding hydrogens is 284 g/mol. The zero-order valence-electron chi connectivity index (χ0n) is 12.5. The van der Waals surface area contributed by atoms with Gasteiger partial charge in [0.15, 0.2) is 0 Å². The molecule has 118 valence electrons. The lowest BCUT2D eigenvalue weighted by molar-refractivity contribution is -0.133. The van der Waals surface area contributed by atoms with Gasteiger partial charge in [0.2, 0.25) is 11.8 Å². The Morgan fingerprint density at radius 2 is 2.27 bits per heavy atom. The highest BCUT2D eigenvalue weighted by Crippen LogP contribution is 2.37. The lowest BCUT2D eigenvalue weighted by atomic mass is 9.72. The third-order valence-electron chi connectivity index (χ3n) is 4.15. The van der Waals surface area contributed by atoms with Gasteiger partial charge in [-0.1, -0.05) is 0 Å². The molecule has 1 saturated heterocycles. The highest BCUT2D eigenvalue weighted by atomic mass is 16.3. The van der Waals surface area contributed by atoms with Crippen molar-refractivity contribution in [1.29, 1.82) is 0 Å². The van der Waals surface area contributed by atoms with Crippen molar-refractivity contribution in [1.82, 2.24) is 10.3 Å². The molecule has 0 bridgehead atoms. The molecule has 2 fully saturated rings. The SMILES string of the molecule is CC1(O)CC(C(=O)Nc2ccc(N3CCNC(=O)C3)cn2)C1. The summed E-state index contributed by atoms with van der Waals surface area (Å²) in [4.78, 5) is 29.5. The Labute approximate surface area is 128 Å². The smallest absolute Gasteiger partial charge is 0.239 e. The topological polar surface area (TPSA) is 94.6 Å². The number of carbonyl (C=O) groups excluding carboxylic acids is 2. The van der Waals surface area contributed by atoms with Crippen molar-refractivity contribution >= 4 is 23.3 Å². The summed E-state index contributed by atoms with van der Waals surface area (Å²) in [7, 11) is 0. The molecule has 0 aromatic carbocycles. The standard InChI is InChI=1S/C15H20N4O3/c1-15(22)6-10(7-15)14(21)18-12-3-2-11(8-17-12)19-5-4-16-13(20)9-19/h2-3,8,10,22H,4-7,9H2,1H3,(H,16,20)(H,17,18,21). The molecule has 2 heterocycles. The first-order chi connectivity index (χ1) is 10.4. The van der Waals surface area contributed by atoms with Gasteiger partial charge in [-0.3, -0.25) is 9.59 Å². The van der Waals surface area contributed by atoms with Crippen LogP contribution in [0.2, 0.25) is 0 Å². The molecule has 7 heteroatoms. The van der Waals surface area contributed by atoms with Crippen molar-refractivity contribution in [3.63, 3.8) is 0 Å². The summed E-state index contributed by atoms with van der Waals surface area (Å²) in [6.45, 7) is 3.43. The van der Waals surface area contributed by atoms with Gasteiger partial charge in [0, 0.05) is 19.0 Å². The molecule has 0 unspecified atom stereocenters. The van der Waals surface area contributed by atoms with Crippen LogP contribution in [0.1, 0.15) is 19.8 Å². The second-order valence-electron chi connectivity index (χ2n) is 6.26. The van der Waals surface area contributed by atoms with Gasteiger partial charge >= 0.3 is 0 Å². The summed E-state index contributed by atoms with van der Waals surface area (Å²) in [5, 5.41) is 15.2. The number of nitrogens with one attached hydrogen (secondary N) is 2. The predicted molar refractivity (Wildman–Crippen MR) is 81.4 cm³/mol. The summed E-state index contributed by atoms with van der Waals surface area (Å²) < 4.78 is 0. The number of piperazine rings is 1. The number of aromatic nitrogens is 1. The molecule has 1 aliphatic carbocycles. The predicted octanol–water partition coefficient (Wildman–Crippen LogP) is 0.117. The zero-order valence-corrected chi connectivity index (χ0v) is 12.5. The third-order valence-corrected chi connectivity index (χ3v) is 4.15. The van der Waals surface area contributed by atoms with E-state index in [1.165, 1.54) is 0 Å². The molecule has 1 aromatic heterocycles. The fourth-order valence-corrected chi connectivity index (χ4v) is 2.92. The number of carbonyl (C=O) groups is 2. The molecule has 2 amide bonds. The second kappa shape index (κ2) is 5.57. The quantitative estimate of drug-likeness (QED) is 0.737. The summed E-state index contributed by atoms with van der Waals surface area (Å²) >= 11 is 0. The molecule has 1 saturated carbocycles. The maximum atomic E-state index is 12.0. The molecular formula is C15H20N4O3. The highest BCUT2D eigenvalue weighted by molar-refractivity contribution is 5.92. The van der Waals surface area contributed by atoms with Crippen LogP contribution in [0.5, 0.6) is 0 Å². The first-order valence-corrected chi connectivity index (χ1v) is 7.44. The number of amides is 2. The second-order valence-corrected chi connectivity index (χ2v) is 6.26. The number of hydrogen-bond donors (Lipinski definition) is 3. The zero-order chi connectivity index (χ0) is 15.7. The van der Waals surface area contributed by atoms with Gasteiger partial charge in [-0.2, -0.15) is 0 Å². The molecule has 1 aromatic rings. The monoisotopic (exact) mass is 304 g/mol. The maximum absolute atomic E-state index is 12.0. The lowest BCUT2D eigenvalue weighted by Crippen LogP contribution is -2.47. The van der Waals surface area contributed by atoms with Crippen molar-refractivity contribution in [2.24, 2.45) is 5.92 Å². The number of hydrogen-bond acceptors (Lipinski definition) is 5. The van der Waals surface area contributed by atoms with Crippen LogP contribution < -0.4 is 15.5 Å². The van der Waals surface area contributed by atoms with E-state index in [2.05, 4.69) is 15.6 Å². The fraction of sp³-hybridized carbons (Fsp3) is 0.533. The Kier molecular flexibility index (Phi) is 3.74. The van der Waals surface area contributed by atoms with Crippen LogP contribution in [0.25, 0.3) is 0 Å². The van der Waals surface area contributed by atoms with E-state index < -0.39 is 5.60 Å². The van der Waals surface area contributed by atoms with E-state index in [1.54, 1.807) is 19.2 Å². The van der Waals surface area contributed by atoms with Gasteiger partial charge in [0.05, 0.1) is 24.0 Å². The lowest BCUT2D eigenvalue weighted by Gasteiger charge is -2.39. The van der Waals surface area contributed by atoms with Gasteiger partial charge in [0.1, 0.15) is 5.82 Å². The third kappa shape index (κ3) is 3.19. The minimum Gasteiger partial charge on any atom is -0.390 e. The minimum absolute atomic E-state index is 0.000616. The number of anilines is 2. The molecule has 1 aliphatic heterocycles. The summed E-state index contributed by atoms with van der Waals surface area (Å²) in [6.07, 6.45) is 2.63. The van der Waals surface area contributed by atoms with E-state index in [1.807, 2.05) is 11.0 Å². The van der Waals surface area contributed by atoms with Crippen LogP contribution in [-0.2, 0) is 9.59 Å². The molecule has 7 nitrogen and oxygen atoms in total. The Morgan fingerprint density at radius 3 is 2.86 bits per heavy atom. The van der Waals surface area contributed by atoms with Crippen LogP contribution in [0.15, 0.2) is 18.3 Å². The largest absolute Gasteiger partial charge is 0.390 e. The summed E-state index contributed by atoms with van der Waals surface area (Å²) in [5.41, 5.74) is 0.146. The average Bonchev–Trinajstić information content (AvgIpc) is 2.45. The van der Waals surface area contributed by atoms with Crippen LogP contribution in [0.3, 0.4) is 0 Å². The Balaban J connectivity index is 1.57. The van der Waals surface area contributed by atoms with Crippen molar-refractivity contribution in [3.8, 4) is 0 Å². The molecule has 3 rings (SSSR count). The minimum atomic E-state index is -0.714. The van der Waals surface area contributed by atoms with Crippen LogP contribution in [-0.4, -0.2) is 47.1 Å². The first-order valence-electron chi connectivity index (χ1n) is 7.44. The maximum Gasteiger partial charge on any atom is 0.239 e. The van der Waals surface area contributed by atoms with Crippen molar-refractivity contribution < 1.29 is 14.7 Å². The number of rotatable bonds is 3. The normalized spacial score (nSPS) is 27.8. The van der Waals surface area contributed by atoms with E-state index in [4.69, 9.17) is 0 Å². The Hall–Kier alpha value is -2.15. The molecule has 2 aliphatic rings. The van der Waals surface area contributed by atoms with E-state index in [-0.39, 0.29) is 17.7 Å². The number of nitrogens with zero attached hydrogens (tertiary/aromatic N) is 2. The fourth-order valence-electron chi connectivity index (χ4n) is 2.92. The Morgan fingerprint density at radius 1 is 1.50 bits per heavy atom. The van der Waals surface area contributed by atoms with E-state index in [0.29, 0.717) is 31.7 Å². The molecule has 22 heavy (non-hydrogen) atoms. The number of pyridine rings is 1. The van der Waals surface area contributed by atoms with Crippen LogP contribution >= 0.6 is 0 Å². The van der Waals surface area contributed by atoms with Gasteiger partial charge in [-0.15, -0.1) is 0 Å². The summed E-state index contributed by atoms with van der Waals surface area (Å²) in [6, 6.07) is 3.58. The van der Waals surface area contributed by atoms with Gasteiger partial charge in [-0.05, 0) is 31.9 Å². The molecule has 0 spiro atoms. The van der Waals surface area contributed by atoms with Crippen LogP contribution in [0.4, 0.5) is 11.5 Å². The molecule has 3 N–H and O–H groups in total. The number of aliphatic hydroxyl groups is 1. The van der Waals surface area contributed by atoms with Crippen molar-refractivity contribution in [2.45, 2.75) is 25.4 Å². The highest BCUT2D eigenvalue weighted by Gasteiger charge is 2.42. The molecule has 0 radical (unpaired) electrons. The van der Waals surface area contributed by atoms with Crippen LogP contribution in [0, 0.1) is 5.92 Å². The summed E-state index contributed by atoms with van der Waals surface area (Å²) in [5.74, 6) is 0.230. The first kappa shape index (κ1) is 14.8. The van der Waals surface area contributed by atoms with E-state index in [9.17, 15) is 14.7 Å². The molecule has 0 atom stereocenters. The van der Waals surface area contributed by atoms with E-state index >= 15 is 0 Å².